The standard InChI is InChI=1S/C22H28F4O2.C14H28N2.C10H20O3S/c23-17-15-18(21(25)22(26)20(17)24)28-19(27)14-9-7-5-3-1-2-4-6-8-11-16-12-10-13-16;1-3-4-5-10-14(13-8-6-9-13)16-12-7-11-15-2;11-5-4-8(12)9(13)6-10(14)7-2-1-3-7/h11,15H,1-10,12-14H2;15-16H,3-12H2,1-2H3;7-14H,1-6H2. The highest BCUT2D eigenvalue weighted by molar-refractivity contribution is 7.81. The van der Waals surface area contributed by atoms with Gasteiger partial charge in [0.25, 0.3) is 0 Å². The van der Waals surface area contributed by atoms with E-state index in [0.717, 1.165) is 32.4 Å². The van der Waals surface area contributed by atoms with Crippen LogP contribution in [-0.2, 0) is 4.79 Å². The topological polar surface area (TPSA) is 111 Å². The lowest BCUT2D eigenvalue weighted by Gasteiger charge is -2.32. The van der Waals surface area contributed by atoms with E-state index in [1.165, 1.54) is 122 Å². The van der Waals surface area contributed by atoms with Crippen LogP contribution in [0.25, 0.3) is 0 Å². The second kappa shape index (κ2) is 31.7. The number of aliphatic hydroxyl groups excluding tert-OH is 3. The smallest absolute Gasteiger partial charge is 0.311 e. The highest BCUT2D eigenvalue weighted by atomic mass is 32.1. The fourth-order valence-corrected chi connectivity index (χ4v) is 7.53. The van der Waals surface area contributed by atoms with Crippen LogP contribution in [0.1, 0.15) is 174 Å². The molecular formula is C46H76F4N2O5S. The van der Waals surface area contributed by atoms with Crippen LogP contribution in [-0.4, -0.2) is 65.5 Å². The Balaban J connectivity index is 0.000000328. The molecule has 3 saturated carbocycles. The van der Waals surface area contributed by atoms with E-state index >= 15 is 0 Å². The van der Waals surface area contributed by atoms with Gasteiger partial charge in [-0.05, 0) is 122 Å². The van der Waals surface area contributed by atoms with Crippen LogP contribution in [0.5, 0.6) is 5.75 Å². The Kier molecular flexibility index (Phi) is 28.4. The third-order valence-corrected chi connectivity index (χ3v) is 12.1. The Bertz CT molecular complexity index is 1330. The average molecular weight is 845 g/mol. The first-order valence-corrected chi connectivity index (χ1v) is 23.0. The minimum Gasteiger partial charge on any atom is -0.423 e. The molecule has 5 N–H and O–H groups in total. The van der Waals surface area contributed by atoms with E-state index in [9.17, 15) is 32.6 Å². The van der Waals surface area contributed by atoms with Gasteiger partial charge in [0.2, 0.25) is 11.6 Å². The van der Waals surface area contributed by atoms with Gasteiger partial charge in [-0.2, -0.15) is 17.0 Å². The van der Waals surface area contributed by atoms with Gasteiger partial charge >= 0.3 is 5.97 Å². The molecule has 58 heavy (non-hydrogen) atoms. The highest BCUT2D eigenvalue weighted by Gasteiger charge is 2.28. The van der Waals surface area contributed by atoms with Crippen LogP contribution in [0, 0.1) is 29.2 Å². The molecule has 0 spiro atoms. The molecule has 12 heteroatoms. The van der Waals surface area contributed by atoms with E-state index in [1.807, 2.05) is 7.05 Å². The van der Waals surface area contributed by atoms with Crippen molar-refractivity contribution in [1.29, 1.82) is 0 Å². The number of carbonyl (C=O) groups excluding carboxylic acids is 1. The summed E-state index contributed by atoms with van der Waals surface area (Å²) in [7, 11) is 2.02. The summed E-state index contributed by atoms with van der Waals surface area (Å²) in [5.74, 6) is -8.30. The molecule has 3 atom stereocenters. The molecule has 1 aromatic rings. The number of hydrogen-bond acceptors (Lipinski definition) is 8. The number of rotatable bonds is 27. The van der Waals surface area contributed by atoms with Crippen LogP contribution in [0.2, 0.25) is 0 Å². The van der Waals surface area contributed by atoms with Gasteiger partial charge in [-0.1, -0.05) is 81.9 Å². The van der Waals surface area contributed by atoms with E-state index in [0.29, 0.717) is 24.8 Å². The summed E-state index contributed by atoms with van der Waals surface area (Å²) in [4.78, 5) is 11.6. The molecule has 3 aliphatic carbocycles. The Hall–Kier alpha value is -2.12. The fourth-order valence-electron chi connectivity index (χ4n) is 7.01. The van der Waals surface area contributed by atoms with E-state index in [4.69, 9.17) is 5.11 Å². The van der Waals surface area contributed by atoms with Crippen molar-refractivity contribution in [2.24, 2.45) is 5.92 Å². The van der Waals surface area contributed by atoms with Gasteiger partial charge in [-0.25, -0.2) is 13.2 Å². The molecule has 3 aliphatic rings. The van der Waals surface area contributed by atoms with Crippen molar-refractivity contribution in [2.75, 3.05) is 26.7 Å². The molecule has 0 aromatic heterocycles. The normalized spacial score (nSPS) is 16.3. The predicted molar refractivity (Wildman–Crippen MR) is 230 cm³/mol. The van der Waals surface area contributed by atoms with E-state index in [1.54, 1.807) is 16.8 Å². The molecule has 0 aliphatic heterocycles. The maximum atomic E-state index is 13.4. The number of thiol groups is 1. The molecule has 1 aromatic carbocycles. The third kappa shape index (κ3) is 21.4. The van der Waals surface area contributed by atoms with Crippen LogP contribution in [0.3, 0.4) is 0 Å². The zero-order valence-electron chi connectivity index (χ0n) is 35.6. The van der Waals surface area contributed by atoms with Crippen LogP contribution >= 0.6 is 12.6 Å². The molecule has 4 rings (SSSR count). The van der Waals surface area contributed by atoms with Crippen LogP contribution in [0.4, 0.5) is 17.6 Å². The summed E-state index contributed by atoms with van der Waals surface area (Å²) in [6.45, 7) is 4.44. The monoisotopic (exact) mass is 845 g/mol. The largest absolute Gasteiger partial charge is 0.423 e. The summed E-state index contributed by atoms with van der Waals surface area (Å²) < 4.78 is 57.1. The van der Waals surface area contributed by atoms with Crippen molar-refractivity contribution in [3.8, 4) is 5.75 Å². The molecular weight excluding hydrogens is 769 g/mol. The molecule has 3 fully saturated rings. The summed E-state index contributed by atoms with van der Waals surface area (Å²) >= 11 is 4.42. The zero-order valence-corrected chi connectivity index (χ0v) is 36.5. The number of nitrogens with one attached hydrogen (secondary N) is 2. The number of esters is 1. The predicted octanol–water partition coefficient (Wildman–Crippen LogP) is 10.9. The van der Waals surface area contributed by atoms with E-state index in [-0.39, 0.29) is 24.7 Å². The molecule has 3 unspecified atom stereocenters. The zero-order chi connectivity index (χ0) is 42.5. The molecule has 7 nitrogen and oxygen atoms in total. The lowest BCUT2D eigenvalue weighted by atomic mass is 9.80. The Labute approximate surface area is 352 Å². The first-order chi connectivity index (χ1) is 28.0. The molecule has 0 heterocycles. The van der Waals surface area contributed by atoms with Gasteiger partial charge in [0, 0.05) is 36.6 Å². The minimum atomic E-state index is -1.98. The van der Waals surface area contributed by atoms with E-state index < -0.39 is 47.2 Å². The Morgan fingerprint density at radius 2 is 1.47 bits per heavy atom. The fraction of sp³-hybridized carbons (Fsp3) is 0.761. The van der Waals surface area contributed by atoms with Gasteiger partial charge in [0.1, 0.15) is 0 Å². The van der Waals surface area contributed by atoms with Gasteiger partial charge < -0.3 is 30.7 Å². The summed E-state index contributed by atoms with van der Waals surface area (Å²) in [6, 6.07) is 0.342. The molecule has 0 amide bonds. The molecule has 0 radical (unpaired) electrons. The van der Waals surface area contributed by atoms with Crippen molar-refractivity contribution in [2.45, 2.75) is 191 Å². The van der Waals surface area contributed by atoms with Gasteiger partial charge in [-0.15, -0.1) is 0 Å². The summed E-state index contributed by atoms with van der Waals surface area (Å²) in [6.07, 6.45) is 29.4. The number of benzene rings is 1. The molecule has 0 saturated heterocycles. The quantitative estimate of drug-likeness (QED) is 0.00765. The first kappa shape index (κ1) is 52.0. The second-order valence-electron chi connectivity index (χ2n) is 16.3. The number of unbranched alkanes of at least 4 members (excludes halogenated alkanes) is 10. The van der Waals surface area contributed by atoms with Crippen molar-refractivity contribution in [3.63, 3.8) is 0 Å². The minimum absolute atomic E-state index is 0.0225. The summed E-state index contributed by atoms with van der Waals surface area (Å²) in [5.41, 5.74) is 4.91. The third-order valence-electron chi connectivity index (χ3n) is 11.5. The maximum absolute atomic E-state index is 13.4. The number of hydrogen-bond donors (Lipinski definition) is 6. The number of allylic oxidation sites excluding steroid dienone is 4. The molecule has 334 valence electrons. The average Bonchev–Trinajstić information content (AvgIpc) is 3.13. The van der Waals surface area contributed by atoms with Crippen molar-refractivity contribution < 1.29 is 42.4 Å². The lowest BCUT2D eigenvalue weighted by molar-refractivity contribution is -0.134. The van der Waals surface area contributed by atoms with Crippen molar-refractivity contribution >= 4 is 18.6 Å². The maximum Gasteiger partial charge on any atom is 0.311 e. The van der Waals surface area contributed by atoms with Gasteiger partial charge in [-0.3, -0.25) is 4.79 Å². The number of halogens is 4. The van der Waals surface area contributed by atoms with Gasteiger partial charge in [0.05, 0.1) is 12.2 Å². The summed E-state index contributed by atoms with van der Waals surface area (Å²) in [5, 5.41) is 34.6. The molecule has 0 bridgehead atoms. The number of aliphatic hydroxyl groups is 3. The second-order valence-corrected chi connectivity index (χ2v) is 16.9. The highest BCUT2D eigenvalue weighted by Crippen LogP contribution is 2.35. The Morgan fingerprint density at radius 3 is 2.02 bits per heavy atom. The van der Waals surface area contributed by atoms with Crippen molar-refractivity contribution in [3.05, 3.63) is 52.3 Å². The van der Waals surface area contributed by atoms with E-state index in [2.05, 4.69) is 41.0 Å². The van der Waals surface area contributed by atoms with Crippen molar-refractivity contribution in [1.82, 2.24) is 10.6 Å². The van der Waals surface area contributed by atoms with Crippen LogP contribution in [0.15, 0.2) is 29.0 Å². The number of ether oxygens (including phenoxy) is 1. The Morgan fingerprint density at radius 1 is 0.828 bits per heavy atom. The van der Waals surface area contributed by atoms with Crippen LogP contribution < -0.4 is 15.4 Å². The van der Waals surface area contributed by atoms with Gasteiger partial charge in [0.15, 0.2) is 17.4 Å². The lowest BCUT2D eigenvalue weighted by Crippen LogP contribution is -2.33. The SMILES string of the molecule is CCCCCC(NCCCNC)=C1CCC1.O=C(CCCCCCCCCCC=C1CCC1)Oc1cc(F)c(F)c(F)c1F.OCCC(O)C(O)CC(S)C1CCC1. The number of carbonyl (C=O) groups is 1. The first-order valence-electron chi connectivity index (χ1n) is 22.5.